The first-order valence-electron chi connectivity index (χ1n) is 5.47. The molecule has 0 aliphatic rings. The molecule has 7 heteroatoms. The molecule has 0 bridgehead atoms. The summed E-state index contributed by atoms with van der Waals surface area (Å²) in [6, 6.07) is 6.59. The van der Waals surface area contributed by atoms with Gasteiger partial charge >= 0.3 is 17.9 Å². The van der Waals surface area contributed by atoms with Crippen LogP contribution >= 0.6 is 0 Å². The van der Waals surface area contributed by atoms with Crippen molar-refractivity contribution in [1.82, 2.24) is 0 Å². The first kappa shape index (κ1) is 17.2. The molecule has 0 atom stereocenters. The Kier molecular flexibility index (Phi) is 7.85. The number of para-hydroxylation sites is 1. The van der Waals surface area contributed by atoms with Gasteiger partial charge in [-0.2, -0.15) is 0 Å². The van der Waals surface area contributed by atoms with E-state index in [9.17, 15) is 14.4 Å². The first-order valence-corrected chi connectivity index (χ1v) is 5.47. The van der Waals surface area contributed by atoms with Crippen LogP contribution in [0.25, 0.3) is 0 Å². The highest BCUT2D eigenvalue weighted by atomic mass is 16.5. The zero-order valence-corrected chi connectivity index (χ0v) is 10.6. The lowest BCUT2D eigenvalue weighted by Crippen LogP contribution is -2.01. The molecule has 1 aromatic rings. The molecule has 0 unspecified atom stereocenters. The van der Waals surface area contributed by atoms with Crippen molar-refractivity contribution in [3.05, 3.63) is 42.0 Å². The number of rotatable bonds is 5. The highest BCUT2D eigenvalue weighted by molar-refractivity contribution is 5.90. The molecule has 0 amide bonds. The van der Waals surface area contributed by atoms with E-state index >= 15 is 0 Å². The number of hydrogen-bond donors (Lipinski definition) is 3. The van der Waals surface area contributed by atoms with E-state index in [1.807, 2.05) is 6.92 Å². The van der Waals surface area contributed by atoms with Gasteiger partial charge in [-0.1, -0.05) is 12.1 Å². The molecule has 0 saturated heterocycles. The lowest BCUT2D eigenvalue weighted by Gasteiger charge is -2.05. The molecule has 0 fully saturated rings. The maximum Gasteiger partial charge on any atom is 0.339 e. The van der Waals surface area contributed by atoms with E-state index in [1.165, 1.54) is 6.07 Å². The number of aromatic carboxylic acids is 1. The molecule has 0 aliphatic carbocycles. The van der Waals surface area contributed by atoms with Crippen LogP contribution in [-0.4, -0.2) is 39.8 Å². The third kappa shape index (κ3) is 7.49. The average molecular weight is 282 g/mol. The van der Waals surface area contributed by atoms with E-state index in [2.05, 4.69) is 0 Å². The zero-order chi connectivity index (χ0) is 15.5. The minimum absolute atomic E-state index is 0.208. The molecular formula is C13H14O7. The lowest BCUT2D eigenvalue weighted by molar-refractivity contribution is -0.134. The number of carboxylic acid groups (broad SMARTS) is 3. The third-order valence-electron chi connectivity index (χ3n) is 1.79. The highest BCUT2D eigenvalue weighted by Crippen LogP contribution is 2.17. The van der Waals surface area contributed by atoms with Crippen LogP contribution in [-0.2, 0) is 9.59 Å². The fourth-order valence-electron chi connectivity index (χ4n) is 1.07. The van der Waals surface area contributed by atoms with Crippen LogP contribution in [0.3, 0.4) is 0 Å². The summed E-state index contributed by atoms with van der Waals surface area (Å²) in [6.07, 6.45) is 1.12. The highest BCUT2D eigenvalue weighted by Gasteiger charge is 2.08. The lowest BCUT2D eigenvalue weighted by atomic mass is 10.2. The smallest absolute Gasteiger partial charge is 0.339 e. The fraction of sp³-hybridized carbons (Fsp3) is 0.154. The summed E-state index contributed by atoms with van der Waals surface area (Å²) in [4.78, 5) is 29.7. The van der Waals surface area contributed by atoms with E-state index in [4.69, 9.17) is 20.1 Å². The number of hydrogen-bond acceptors (Lipinski definition) is 4. The third-order valence-corrected chi connectivity index (χ3v) is 1.79. The Morgan fingerprint density at radius 3 is 1.95 bits per heavy atom. The van der Waals surface area contributed by atoms with Crippen molar-refractivity contribution in [2.45, 2.75) is 6.92 Å². The molecule has 1 rings (SSSR count). The van der Waals surface area contributed by atoms with Gasteiger partial charge in [-0.25, -0.2) is 14.4 Å². The summed E-state index contributed by atoms with van der Waals surface area (Å²) in [5, 5.41) is 24.3. The molecule has 0 aromatic heterocycles. The number of aliphatic carboxylic acids is 2. The Bertz CT molecular complexity index is 489. The minimum atomic E-state index is -1.26. The number of carboxylic acids is 3. The average Bonchev–Trinajstić information content (AvgIpc) is 2.38. The quantitative estimate of drug-likeness (QED) is 0.699. The van der Waals surface area contributed by atoms with Crippen molar-refractivity contribution >= 4 is 17.9 Å². The van der Waals surface area contributed by atoms with Gasteiger partial charge in [-0.05, 0) is 19.1 Å². The molecule has 0 spiro atoms. The topological polar surface area (TPSA) is 121 Å². The Hall–Kier alpha value is -2.83. The molecule has 3 N–H and O–H groups in total. The predicted molar refractivity (Wildman–Crippen MR) is 69.0 cm³/mol. The predicted octanol–water partition coefficient (Wildman–Crippen LogP) is 1.50. The van der Waals surface area contributed by atoms with E-state index in [0.717, 1.165) is 0 Å². The molecule has 0 heterocycles. The molecule has 7 nitrogen and oxygen atoms in total. The molecule has 1 aromatic carbocycles. The largest absolute Gasteiger partial charge is 0.493 e. The summed E-state index contributed by atoms with van der Waals surface area (Å²) in [6.45, 7) is 2.29. The second kappa shape index (κ2) is 9.15. The van der Waals surface area contributed by atoms with Gasteiger partial charge in [0.15, 0.2) is 0 Å². The maximum absolute atomic E-state index is 10.6. The van der Waals surface area contributed by atoms with Crippen molar-refractivity contribution in [2.24, 2.45) is 0 Å². The second-order valence-corrected chi connectivity index (χ2v) is 3.24. The first-order chi connectivity index (χ1) is 9.38. The SMILES string of the molecule is CCOc1ccccc1C(=O)O.O=C(O)/C=C/C(=O)O. The van der Waals surface area contributed by atoms with Gasteiger partial charge in [0.1, 0.15) is 11.3 Å². The van der Waals surface area contributed by atoms with Gasteiger partial charge in [-0.15, -0.1) is 0 Å². The standard InChI is InChI=1S/C9H10O3.C4H4O4/c1-2-12-8-6-4-3-5-7(8)9(10)11;5-3(6)1-2-4(7)8/h3-6H,2H2,1H3,(H,10,11);1-2H,(H,5,6)(H,7,8)/b;2-1+. The minimum Gasteiger partial charge on any atom is -0.493 e. The Morgan fingerprint density at radius 1 is 1.05 bits per heavy atom. The summed E-state index contributed by atoms with van der Waals surface area (Å²) < 4.78 is 5.12. The van der Waals surface area contributed by atoms with Gasteiger partial charge in [0.05, 0.1) is 6.61 Å². The van der Waals surface area contributed by atoms with Crippen LogP contribution in [0.15, 0.2) is 36.4 Å². The van der Waals surface area contributed by atoms with Gasteiger partial charge in [0.2, 0.25) is 0 Å². The van der Waals surface area contributed by atoms with Gasteiger partial charge in [-0.3, -0.25) is 0 Å². The molecular weight excluding hydrogens is 268 g/mol. The van der Waals surface area contributed by atoms with Gasteiger partial charge < -0.3 is 20.1 Å². The van der Waals surface area contributed by atoms with E-state index < -0.39 is 17.9 Å². The van der Waals surface area contributed by atoms with E-state index in [-0.39, 0.29) is 5.56 Å². The number of ether oxygens (including phenoxy) is 1. The molecule has 108 valence electrons. The van der Waals surface area contributed by atoms with Crippen LogP contribution in [0.4, 0.5) is 0 Å². The van der Waals surface area contributed by atoms with Gasteiger partial charge in [0, 0.05) is 12.2 Å². The Labute approximate surface area is 114 Å². The van der Waals surface area contributed by atoms with Crippen LogP contribution < -0.4 is 4.74 Å². The van der Waals surface area contributed by atoms with Crippen LogP contribution in [0.1, 0.15) is 17.3 Å². The molecule has 0 saturated carbocycles. The Morgan fingerprint density at radius 2 is 1.55 bits per heavy atom. The summed E-state index contributed by atoms with van der Waals surface area (Å²) >= 11 is 0. The van der Waals surface area contributed by atoms with E-state index in [0.29, 0.717) is 24.5 Å². The molecule has 0 aliphatic heterocycles. The molecule has 20 heavy (non-hydrogen) atoms. The number of carbonyl (C=O) groups is 3. The van der Waals surface area contributed by atoms with Crippen molar-refractivity contribution in [2.75, 3.05) is 6.61 Å². The van der Waals surface area contributed by atoms with Crippen molar-refractivity contribution in [3.63, 3.8) is 0 Å². The second-order valence-electron chi connectivity index (χ2n) is 3.24. The fourth-order valence-corrected chi connectivity index (χ4v) is 1.07. The van der Waals surface area contributed by atoms with E-state index in [1.54, 1.807) is 18.2 Å². The van der Waals surface area contributed by atoms with Crippen molar-refractivity contribution < 1.29 is 34.4 Å². The zero-order valence-electron chi connectivity index (χ0n) is 10.6. The summed E-state index contributed by atoms with van der Waals surface area (Å²) in [5.74, 6) is -3.05. The maximum atomic E-state index is 10.6. The van der Waals surface area contributed by atoms with Crippen LogP contribution in [0.5, 0.6) is 5.75 Å². The summed E-state index contributed by atoms with van der Waals surface area (Å²) in [5.41, 5.74) is 0.208. The van der Waals surface area contributed by atoms with Crippen LogP contribution in [0, 0.1) is 0 Å². The normalized spacial score (nSPS) is 9.45. The monoisotopic (exact) mass is 282 g/mol. The molecule has 0 radical (unpaired) electrons. The summed E-state index contributed by atoms with van der Waals surface area (Å²) in [7, 11) is 0. The van der Waals surface area contributed by atoms with Gasteiger partial charge in [0.25, 0.3) is 0 Å². The Balaban J connectivity index is 0.000000396. The van der Waals surface area contributed by atoms with Crippen LogP contribution in [0.2, 0.25) is 0 Å². The van der Waals surface area contributed by atoms with Crippen molar-refractivity contribution in [1.29, 1.82) is 0 Å². The van der Waals surface area contributed by atoms with Crippen molar-refractivity contribution in [3.8, 4) is 5.75 Å². The number of benzene rings is 1.